The zero-order valence-corrected chi connectivity index (χ0v) is 9.28. The third-order valence-electron chi connectivity index (χ3n) is 2.67. The Labute approximate surface area is 97.8 Å². The highest BCUT2D eigenvalue weighted by atomic mass is 35.5. The van der Waals surface area contributed by atoms with Gasteiger partial charge in [0.05, 0.1) is 6.20 Å². The molecule has 0 atom stereocenters. The van der Waals surface area contributed by atoms with Crippen molar-refractivity contribution in [3.8, 4) is 11.5 Å². The second kappa shape index (κ2) is 3.79. The Kier molecular flexibility index (Phi) is 2.29. The van der Waals surface area contributed by atoms with Gasteiger partial charge in [-0.2, -0.15) is 0 Å². The van der Waals surface area contributed by atoms with Crippen LogP contribution in [0.25, 0.3) is 11.5 Å². The minimum atomic E-state index is 0.558. The van der Waals surface area contributed by atoms with E-state index in [1.807, 2.05) is 0 Å². The van der Waals surface area contributed by atoms with E-state index in [0.29, 0.717) is 16.7 Å². The normalized spacial score (nSPS) is 13.8. The summed E-state index contributed by atoms with van der Waals surface area (Å²) in [5, 5.41) is 0.558. The molecule has 0 aliphatic heterocycles. The number of aromatic nitrogens is 4. The molecule has 80 valence electrons. The molecule has 0 aromatic carbocycles. The van der Waals surface area contributed by atoms with Crippen LogP contribution in [0.15, 0.2) is 18.6 Å². The van der Waals surface area contributed by atoms with Crippen LogP contribution < -0.4 is 0 Å². The Morgan fingerprint density at radius 3 is 2.88 bits per heavy atom. The monoisotopic (exact) mass is 232 g/mol. The van der Waals surface area contributed by atoms with Gasteiger partial charge in [0.15, 0.2) is 5.82 Å². The van der Waals surface area contributed by atoms with Gasteiger partial charge in [-0.1, -0.05) is 11.6 Å². The average molecular weight is 233 g/mol. The first kappa shape index (κ1) is 9.66. The van der Waals surface area contributed by atoms with Gasteiger partial charge < -0.3 is 0 Å². The number of halogens is 1. The standard InChI is InChI=1S/C11H9ClN4/c12-10-7-2-1-3-8(7)15-11(16-10)9-6-13-4-5-14-9/h4-6H,1-3H2. The fraction of sp³-hybridized carbons (Fsp3) is 0.273. The Balaban J connectivity index is 2.13. The number of hydrogen-bond donors (Lipinski definition) is 0. The summed E-state index contributed by atoms with van der Waals surface area (Å²) in [6.07, 6.45) is 7.96. The summed E-state index contributed by atoms with van der Waals surface area (Å²) in [6, 6.07) is 0. The van der Waals surface area contributed by atoms with E-state index in [4.69, 9.17) is 11.6 Å². The molecule has 3 rings (SSSR count). The lowest BCUT2D eigenvalue weighted by atomic mass is 10.2. The molecular formula is C11H9ClN4. The molecule has 16 heavy (non-hydrogen) atoms. The number of rotatable bonds is 1. The first-order valence-electron chi connectivity index (χ1n) is 5.16. The number of nitrogens with zero attached hydrogens (tertiary/aromatic N) is 4. The van der Waals surface area contributed by atoms with E-state index in [1.54, 1.807) is 18.6 Å². The molecule has 0 radical (unpaired) electrons. The summed E-state index contributed by atoms with van der Waals surface area (Å²) in [5.74, 6) is 0.568. The summed E-state index contributed by atoms with van der Waals surface area (Å²) < 4.78 is 0. The summed E-state index contributed by atoms with van der Waals surface area (Å²) >= 11 is 6.13. The van der Waals surface area contributed by atoms with Crippen molar-refractivity contribution in [1.82, 2.24) is 19.9 Å². The van der Waals surface area contributed by atoms with Gasteiger partial charge in [0.1, 0.15) is 10.8 Å². The van der Waals surface area contributed by atoms with Gasteiger partial charge in [0.2, 0.25) is 0 Å². The zero-order chi connectivity index (χ0) is 11.0. The second-order valence-corrected chi connectivity index (χ2v) is 4.07. The lowest BCUT2D eigenvalue weighted by Crippen LogP contribution is -1.98. The summed E-state index contributed by atoms with van der Waals surface area (Å²) in [6.45, 7) is 0. The maximum atomic E-state index is 6.13. The Hall–Kier alpha value is -1.55. The van der Waals surface area contributed by atoms with Crippen LogP contribution in [0.1, 0.15) is 17.7 Å². The van der Waals surface area contributed by atoms with Crippen LogP contribution >= 0.6 is 11.6 Å². The molecule has 0 N–H and O–H groups in total. The minimum Gasteiger partial charge on any atom is -0.261 e. The molecule has 2 heterocycles. The maximum Gasteiger partial charge on any atom is 0.181 e. The first-order chi connectivity index (χ1) is 7.84. The van der Waals surface area contributed by atoms with E-state index >= 15 is 0 Å². The number of fused-ring (bicyclic) bond motifs is 1. The van der Waals surface area contributed by atoms with E-state index in [0.717, 1.165) is 30.5 Å². The third kappa shape index (κ3) is 1.55. The van der Waals surface area contributed by atoms with Crippen molar-refractivity contribution in [1.29, 1.82) is 0 Å². The number of hydrogen-bond acceptors (Lipinski definition) is 4. The highest BCUT2D eigenvalue weighted by Crippen LogP contribution is 2.27. The molecule has 1 aliphatic rings. The van der Waals surface area contributed by atoms with Crippen molar-refractivity contribution >= 4 is 11.6 Å². The molecule has 0 bridgehead atoms. The predicted octanol–water partition coefficient (Wildman–Crippen LogP) is 2.08. The van der Waals surface area contributed by atoms with Crippen LogP contribution in [0.3, 0.4) is 0 Å². The molecule has 0 spiro atoms. The average Bonchev–Trinajstić information content (AvgIpc) is 2.79. The SMILES string of the molecule is Clc1nc(-c2cnccn2)nc2c1CCC2. The second-order valence-electron chi connectivity index (χ2n) is 3.71. The van der Waals surface area contributed by atoms with Gasteiger partial charge in [-0.3, -0.25) is 4.98 Å². The molecule has 0 amide bonds. The van der Waals surface area contributed by atoms with Crippen molar-refractivity contribution in [2.45, 2.75) is 19.3 Å². The Morgan fingerprint density at radius 1 is 1.12 bits per heavy atom. The van der Waals surface area contributed by atoms with E-state index in [1.165, 1.54) is 0 Å². The minimum absolute atomic E-state index is 0.558. The zero-order valence-electron chi connectivity index (χ0n) is 8.52. The third-order valence-corrected chi connectivity index (χ3v) is 2.99. The van der Waals surface area contributed by atoms with E-state index in [9.17, 15) is 0 Å². The summed E-state index contributed by atoms with van der Waals surface area (Å²) in [4.78, 5) is 16.9. The molecule has 4 nitrogen and oxygen atoms in total. The van der Waals surface area contributed by atoms with E-state index < -0.39 is 0 Å². The van der Waals surface area contributed by atoms with E-state index in [-0.39, 0.29) is 0 Å². The van der Waals surface area contributed by atoms with E-state index in [2.05, 4.69) is 19.9 Å². The van der Waals surface area contributed by atoms with Crippen LogP contribution in [-0.2, 0) is 12.8 Å². The maximum absolute atomic E-state index is 6.13. The molecule has 2 aromatic heterocycles. The topological polar surface area (TPSA) is 51.6 Å². The van der Waals surface area contributed by atoms with Gasteiger partial charge in [-0.05, 0) is 19.3 Å². The van der Waals surface area contributed by atoms with Crippen LogP contribution in [0.2, 0.25) is 5.15 Å². The van der Waals surface area contributed by atoms with Crippen molar-refractivity contribution in [2.24, 2.45) is 0 Å². The molecule has 0 fully saturated rings. The molecule has 2 aromatic rings. The van der Waals surface area contributed by atoms with Crippen LogP contribution in [0.5, 0.6) is 0 Å². The van der Waals surface area contributed by atoms with Crippen molar-refractivity contribution in [3.05, 3.63) is 35.0 Å². The lowest BCUT2D eigenvalue weighted by molar-refractivity contribution is 0.899. The summed E-state index contributed by atoms with van der Waals surface area (Å²) in [7, 11) is 0. The summed E-state index contributed by atoms with van der Waals surface area (Å²) in [5.41, 5.74) is 2.81. The van der Waals surface area contributed by atoms with Gasteiger partial charge >= 0.3 is 0 Å². The lowest BCUT2D eigenvalue weighted by Gasteiger charge is -2.04. The molecule has 0 saturated heterocycles. The Morgan fingerprint density at radius 2 is 2.06 bits per heavy atom. The predicted molar refractivity (Wildman–Crippen MR) is 60.1 cm³/mol. The van der Waals surface area contributed by atoms with Gasteiger partial charge in [0, 0.05) is 23.7 Å². The highest BCUT2D eigenvalue weighted by molar-refractivity contribution is 6.30. The molecule has 0 saturated carbocycles. The molecule has 0 unspecified atom stereocenters. The Bertz CT molecular complexity index is 527. The van der Waals surface area contributed by atoms with Crippen molar-refractivity contribution in [3.63, 3.8) is 0 Å². The molecule has 1 aliphatic carbocycles. The van der Waals surface area contributed by atoms with Gasteiger partial charge in [0.25, 0.3) is 0 Å². The largest absolute Gasteiger partial charge is 0.261 e. The first-order valence-corrected chi connectivity index (χ1v) is 5.54. The fourth-order valence-electron chi connectivity index (χ4n) is 1.92. The van der Waals surface area contributed by atoms with Gasteiger partial charge in [-0.25, -0.2) is 15.0 Å². The molecule has 5 heteroatoms. The smallest absolute Gasteiger partial charge is 0.181 e. The molecular weight excluding hydrogens is 224 g/mol. The van der Waals surface area contributed by atoms with Crippen molar-refractivity contribution < 1.29 is 0 Å². The van der Waals surface area contributed by atoms with Crippen LogP contribution in [0.4, 0.5) is 0 Å². The number of aryl methyl sites for hydroxylation is 1. The van der Waals surface area contributed by atoms with Crippen LogP contribution in [0, 0.1) is 0 Å². The quantitative estimate of drug-likeness (QED) is 0.707. The van der Waals surface area contributed by atoms with Crippen LogP contribution in [-0.4, -0.2) is 19.9 Å². The van der Waals surface area contributed by atoms with Crippen molar-refractivity contribution in [2.75, 3.05) is 0 Å². The van der Waals surface area contributed by atoms with Gasteiger partial charge in [-0.15, -0.1) is 0 Å². The highest BCUT2D eigenvalue weighted by Gasteiger charge is 2.18. The fourth-order valence-corrected chi connectivity index (χ4v) is 2.20.